The number of amides is 1. The number of carbonyl (C=O) groups excluding carboxylic acids is 1. The first-order valence-corrected chi connectivity index (χ1v) is 5.56. The lowest BCUT2D eigenvalue weighted by molar-refractivity contribution is -0.119. The van der Waals surface area contributed by atoms with Crippen molar-refractivity contribution in [3.63, 3.8) is 0 Å². The van der Waals surface area contributed by atoms with Crippen molar-refractivity contribution in [1.29, 1.82) is 0 Å². The summed E-state index contributed by atoms with van der Waals surface area (Å²) in [6.07, 6.45) is 5.11. The van der Waals surface area contributed by atoms with Crippen LogP contribution in [0, 0.1) is 12.8 Å². The number of anilines is 1. The van der Waals surface area contributed by atoms with E-state index < -0.39 is 0 Å². The number of hydrogen-bond donors (Lipinski definition) is 2. The summed E-state index contributed by atoms with van der Waals surface area (Å²) >= 11 is 0. The predicted molar refractivity (Wildman–Crippen MR) is 65.1 cm³/mol. The maximum absolute atomic E-state index is 11.7. The van der Waals surface area contributed by atoms with Crippen LogP contribution in [-0.2, 0) is 4.79 Å². The molecule has 0 saturated heterocycles. The van der Waals surface area contributed by atoms with Crippen molar-refractivity contribution in [3.8, 4) is 0 Å². The van der Waals surface area contributed by atoms with Gasteiger partial charge in [0.1, 0.15) is 0 Å². The first-order valence-electron chi connectivity index (χ1n) is 5.56. The molecule has 0 spiro atoms. The Morgan fingerprint density at radius 3 is 2.94 bits per heavy atom. The Labute approximate surface area is 96.3 Å². The summed E-state index contributed by atoms with van der Waals surface area (Å²) in [6, 6.07) is 1.90. The van der Waals surface area contributed by atoms with Gasteiger partial charge < -0.3 is 11.1 Å². The van der Waals surface area contributed by atoms with Gasteiger partial charge in [0.25, 0.3) is 0 Å². The fraction of sp³-hybridized carbons (Fsp3) is 0.500. The quantitative estimate of drug-likeness (QED) is 0.795. The van der Waals surface area contributed by atoms with Crippen LogP contribution < -0.4 is 11.1 Å². The molecule has 0 radical (unpaired) electrons. The van der Waals surface area contributed by atoms with Crippen molar-refractivity contribution in [2.45, 2.75) is 26.7 Å². The lowest BCUT2D eigenvalue weighted by atomic mass is 10.0. The minimum absolute atomic E-state index is 0.0101. The molecule has 1 amide bonds. The molecule has 0 aliphatic rings. The van der Waals surface area contributed by atoms with E-state index in [2.05, 4.69) is 10.3 Å². The third kappa shape index (κ3) is 3.98. The molecule has 0 fully saturated rings. The highest BCUT2D eigenvalue weighted by Gasteiger charge is 2.12. The highest BCUT2D eigenvalue weighted by atomic mass is 16.1. The van der Waals surface area contributed by atoms with Gasteiger partial charge in [-0.3, -0.25) is 9.78 Å². The van der Waals surface area contributed by atoms with Crippen LogP contribution in [0.2, 0.25) is 0 Å². The zero-order valence-electron chi connectivity index (χ0n) is 9.86. The summed E-state index contributed by atoms with van der Waals surface area (Å²) in [6.45, 7) is 4.48. The largest absolute Gasteiger partial charge is 0.330 e. The fourth-order valence-corrected chi connectivity index (χ4v) is 1.44. The summed E-state index contributed by atoms with van der Waals surface area (Å²) in [5.41, 5.74) is 7.20. The first-order chi connectivity index (χ1) is 7.63. The van der Waals surface area contributed by atoms with Gasteiger partial charge in [0, 0.05) is 12.1 Å². The Kier molecular flexibility index (Phi) is 4.92. The van der Waals surface area contributed by atoms with Crippen LogP contribution in [0.25, 0.3) is 0 Å². The van der Waals surface area contributed by atoms with Crippen LogP contribution in [0.4, 0.5) is 5.69 Å². The Balaban J connectivity index is 2.50. The first kappa shape index (κ1) is 12.6. The SMILES string of the molecule is Cc1cncc(NC(=O)C(C)CCCN)c1. The normalized spacial score (nSPS) is 12.2. The van der Waals surface area contributed by atoms with E-state index in [1.54, 1.807) is 12.4 Å². The van der Waals surface area contributed by atoms with E-state index in [0.29, 0.717) is 6.54 Å². The number of pyridine rings is 1. The second kappa shape index (κ2) is 6.23. The van der Waals surface area contributed by atoms with Crippen molar-refractivity contribution >= 4 is 11.6 Å². The zero-order valence-corrected chi connectivity index (χ0v) is 9.86. The highest BCUT2D eigenvalue weighted by Crippen LogP contribution is 2.11. The average molecular weight is 221 g/mol. The summed E-state index contributed by atoms with van der Waals surface area (Å²) in [4.78, 5) is 15.8. The smallest absolute Gasteiger partial charge is 0.227 e. The van der Waals surface area contributed by atoms with Gasteiger partial charge in [0.05, 0.1) is 11.9 Å². The topological polar surface area (TPSA) is 68.0 Å². The fourth-order valence-electron chi connectivity index (χ4n) is 1.44. The number of rotatable bonds is 5. The third-order valence-electron chi connectivity index (χ3n) is 2.43. The van der Waals surface area contributed by atoms with Crippen LogP contribution in [-0.4, -0.2) is 17.4 Å². The van der Waals surface area contributed by atoms with Crippen molar-refractivity contribution < 1.29 is 4.79 Å². The van der Waals surface area contributed by atoms with E-state index in [1.807, 2.05) is 19.9 Å². The van der Waals surface area contributed by atoms with E-state index in [-0.39, 0.29) is 11.8 Å². The van der Waals surface area contributed by atoms with Gasteiger partial charge in [-0.25, -0.2) is 0 Å². The van der Waals surface area contributed by atoms with E-state index >= 15 is 0 Å². The minimum atomic E-state index is -0.0101. The number of aromatic nitrogens is 1. The molecule has 1 aromatic rings. The van der Waals surface area contributed by atoms with Crippen molar-refractivity contribution in [3.05, 3.63) is 24.0 Å². The van der Waals surface area contributed by atoms with E-state index in [1.165, 1.54) is 0 Å². The van der Waals surface area contributed by atoms with Crippen molar-refractivity contribution in [2.24, 2.45) is 11.7 Å². The number of aryl methyl sites for hydroxylation is 1. The molecular weight excluding hydrogens is 202 g/mol. The summed E-state index contributed by atoms with van der Waals surface area (Å²) in [7, 11) is 0. The second-order valence-corrected chi connectivity index (χ2v) is 4.07. The molecule has 4 heteroatoms. The zero-order chi connectivity index (χ0) is 12.0. The number of hydrogen-bond acceptors (Lipinski definition) is 3. The van der Waals surface area contributed by atoms with Crippen LogP contribution in [0.3, 0.4) is 0 Å². The van der Waals surface area contributed by atoms with E-state index in [4.69, 9.17) is 5.73 Å². The van der Waals surface area contributed by atoms with Crippen LogP contribution >= 0.6 is 0 Å². The molecule has 1 rings (SSSR count). The predicted octanol–water partition coefficient (Wildman–Crippen LogP) is 1.70. The number of nitrogens with two attached hydrogens (primary N) is 1. The van der Waals surface area contributed by atoms with Gasteiger partial charge >= 0.3 is 0 Å². The van der Waals surface area contributed by atoms with Gasteiger partial charge in [0.2, 0.25) is 5.91 Å². The van der Waals surface area contributed by atoms with Gasteiger partial charge in [-0.2, -0.15) is 0 Å². The molecule has 1 atom stereocenters. The number of carbonyl (C=O) groups is 1. The molecule has 1 heterocycles. The molecule has 1 aromatic heterocycles. The summed E-state index contributed by atoms with van der Waals surface area (Å²) in [5.74, 6) is 0.0184. The standard InChI is InChI=1S/C12H19N3O/c1-9-6-11(8-14-7-9)15-12(16)10(2)4-3-5-13/h6-8,10H,3-5,13H2,1-2H3,(H,15,16). The molecule has 0 saturated carbocycles. The molecule has 1 unspecified atom stereocenters. The van der Waals surface area contributed by atoms with Crippen molar-refractivity contribution in [2.75, 3.05) is 11.9 Å². The highest BCUT2D eigenvalue weighted by molar-refractivity contribution is 5.92. The Morgan fingerprint density at radius 2 is 2.31 bits per heavy atom. The monoisotopic (exact) mass is 221 g/mol. The van der Waals surface area contributed by atoms with Crippen LogP contribution in [0.5, 0.6) is 0 Å². The van der Waals surface area contributed by atoms with E-state index in [9.17, 15) is 4.79 Å². The van der Waals surface area contributed by atoms with Crippen LogP contribution in [0.15, 0.2) is 18.5 Å². The Bertz CT molecular complexity index is 352. The van der Waals surface area contributed by atoms with Gasteiger partial charge in [-0.1, -0.05) is 6.92 Å². The minimum Gasteiger partial charge on any atom is -0.330 e. The maximum Gasteiger partial charge on any atom is 0.227 e. The Hall–Kier alpha value is -1.42. The van der Waals surface area contributed by atoms with Crippen molar-refractivity contribution in [1.82, 2.24) is 4.98 Å². The third-order valence-corrected chi connectivity index (χ3v) is 2.43. The van der Waals surface area contributed by atoms with Crippen LogP contribution in [0.1, 0.15) is 25.3 Å². The molecule has 88 valence electrons. The number of nitrogens with zero attached hydrogens (tertiary/aromatic N) is 1. The molecule has 0 aromatic carbocycles. The second-order valence-electron chi connectivity index (χ2n) is 4.07. The Morgan fingerprint density at radius 1 is 1.56 bits per heavy atom. The molecule has 0 aliphatic heterocycles. The lowest BCUT2D eigenvalue weighted by Crippen LogP contribution is -2.21. The molecular formula is C12H19N3O. The number of nitrogens with one attached hydrogen (secondary N) is 1. The molecule has 0 bridgehead atoms. The average Bonchev–Trinajstić information content (AvgIpc) is 2.25. The summed E-state index contributed by atoms with van der Waals surface area (Å²) < 4.78 is 0. The molecule has 3 N–H and O–H groups in total. The van der Waals surface area contributed by atoms with E-state index in [0.717, 1.165) is 24.1 Å². The maximum atomic E-state index is 11.7. The molecule has 16 heavy (non-hydrogen) atoms. The van der Waals surface area contributed by atoms with Gasteiger partial charge in [-0.15, -0.1) is 0 Å². The van der Waals surface area contributed by atoms with Gasteiger partial charge in [0.15, 0.2) is 0 Å². The lowest BCUT2D eigenvalue weighted by Gasteiger charge is -2.11. The summed E-state index contributed by atoms with van der Waals surface area (Å²) in [5, 5.41) is 2.85. The molecule has 0 aliphatic carbocycles. The molecule has 4 nitrogen and oxygen atoms in total. The van der Waals surface area contributed by atoms with Gasteiger partial charge in [-0.05, 0) is 37.9 Å².